The Balaban J connectivity index is 1.60. The Hall–Kier alpha value is -2.06. The number of aryl methyl sites for hydroxylation is 1. The van der Waals surface area contributed by atoms with Crippen molar-refractivity contribution in [2.24, 2.45) is 0 Å². The minimum atomic E-state index is -3.25. The third-order valence-electron chi connectivity index (χ3n) is 3.07. The molecule has 0 unspecified atom stereocenters. The van der Waals surface area contributed by atoms with Gasteiger partial charge in [0.15, 0.2) is 9.84 Å². The van der Waals surface area contributed by atoms with Crippen LogP contribution >= 0.6 is 11.3 Å². The summed E-state index contributed by atoms with van der Waals surface area (Å²) in [6, 6.07) is 12.3. The predicted molar refractivity (Wildman–Crippen MR) is 84.2 cm³/mol. The van der Waals surface area contributed by atoms with Crippen molar-refractivity contribution in [2.75, 3.05) is 5.75 Å². The van der Waals surface area contributed by atoms with E-state index in [4.69, 9.17) is 0 Å². The van der Waals surface area contributed by atoms with Crippen LogP contribution in [0.1, 0.15) is 6.42 Å². The minimum Gasteiger partial charge on any atom is -0.224 e. The highest BCUT2D eigenvalue weighted by Gasteiger charge is 2.14. The predicted octanol–water partition coefficient (Wildman–Crippen LogP) is 2.27. The fourth-order valence-corrected chi connectivity index (χ4v) is 3.95. The molecule has 0 aliphatic heterocycles. The first-order chi connectivity index (χ1) is 10.6. The molecule has 0 fully saturated rings. The van der Waals surface area contributed by atoms with Crippen molar-refractivity contribution in [3.8, 4) is 10.7 Å². The van der Waals surface area contributed by atoms with Crippen molar-refractivity contribution in [1.82, 2.24) is 20.2 Å². The fourth-order valence-electron chi connectivity index (χ4n) is 1.98. The lowest BCUT2D eigenvalue weighted by Gasteiger charge is -2.03. The zero-order valence-electron chi connectivity index (χ0n) is 11.7. The van der Waals surface area contributed by atoms with Crippen molar-refractivity contribution >= 4 is 21.2 Å². The lowest BCUT2D eigenvalue weighted by atomic mass is 10.4. The van der Waals surface area contributed by atoms with Crippen LogP contribution in [-0.2, 0) is 16.4 Å². The van der Waals surface area contributed by atoms with Crippen LogP contribution in [0.25, 0.3) is 10.7 Å². The molecule has 0 saturated carbocycles. The van der Waals surface area contributed by atoms with Gasteiger partial charge in [-0.25, -0.2) is 8.42 Å². The Bertz CT molecular complexity index is 827. The summed E-state index contributed by atoms with van der Waals surface area (Å²) in [6.45, 7) is 0.421. The smallest absolute Gasteiger partial charge is 0.214 e. The lowest BCUT2D eigenvalue weighted by molar-refractivity contribution is 0.511. The summed E-state index contributed by atoms with van der Waals surface area (Å²) in [4.78, 5) is 2.74. The van der Waals surface area contributed by atoms with Crippen LogP contribution in [0.5, 0.6) is 0 Å². The average molecular weight is 334 g/mol. The maximum Gasteiger partial charge on any atom is 0.214 e. The summed E-state index contributed by atoms with van der Waals surface area (Å²) in [5, 5.41) is 14.1. The monoisotopic (exact) mass is 334 g/mol. The molecule has 8 heteroatoms. The molecule has 0 bridgehead atoms. The number of tetrazole rings is 1. The highest BCUT2D eigenvalue weighted by Crippen LogP contribution is 2.19. The highest BCUT2D eigenvalue weighted by atomic mass is 32.2. The molecule has 2 heterocycles. The average Bonchev–Trinajstić information content (AvgIpc) is 3.19. The Kier molecular flexibility index (Phi) is 4.30. The zero-order valence-corrected chi connectivity index (χ0v) is 13.3. The van der Waals surface area contributed by atoms with Gasteiger partial charge in [0.25, 0.3) is 0 Å². The topological polar surface area (TPSA) is 77.7 Å². The molecule has 0 atom stereocenters. The Morgan fingerprint density at radius 3 is 2.64 bits per heavy atom. The van der Waals surface area contributed by atoms with Gasteiger partial charge in [-0.15, -0.1) is 21.5 Å². The number of benzene rings is 1. The van der Waals surface area contributed by atoms with Crippen LogP contribution < -0.4 is 0 Å². The molecule has 0 spiro atoms. The molecule has 22 heavy (non-hydrogen) atoms. The van der Waals surface area contributed by atoms with Crippen LogP contribution in [-0.4, -0.2) is 34.4 Å². The molecule has 3 aromatic rings. The molecule has 1 aromatic carbocycles. The molecule has 0 N–H and O–H groups in total. The van der Waals surface area contributed by atoms with Gasteiger partial charge < -0.3 is 0 Å². The van der Waals surface area contributed by atoms with E-state index in [2.05, 4.69) is 15.4 Å². The van der Waals surface area contributed by atoms with E-state index in [0.29, 0.717) is 23.7 Å². The van der Waals surface area contributed by atoms with E-state index in [9.17, 15) is 8.42 Å². The zero-order chi connectivity index (χ0) is 15.4. The number of sulfone groups is 1. The van der Waals surface area contributed by atoms with Crippen molar-refractivity contribution in [2.45, 2.75) is 17.9 Å². The number of thiophene rings is 1. The van der Waals surface area contributed by atoms with E-state index in [1.807, 2.05) is 17.5 Å². The molecule has 0 saturated heterocycles. The van der Waals surface area contributed by atoms with Crippen LogP contribution in [0, 0.1) is 0 Å². The van der Waals surface area contributed by atoms with Crippen molar-refractivity contribution in [3.63, 3.8) is 0 Å². The van der Waals surface area contributed by atoms with Crippen molar-refractivity contribution in [1.29, 1.82) is 0 Å². The number of hydrogen-bond acceptors (Lipinski definition) is 6. The van der Waals surface area contributed by atoms with E-state index >= 15 is 0 Å². The van der Waals surface area contributed by atoms with E-state index in [-0.39, 0.29) is 5.75 Å². The highest BCUT2D eigenvalue weighted by molar-refractivity contribution is 7.91. The van der Waals surface area contributed by atoms with Gasteiger partial charge in [-0.2, -0.15) is 4.80 Å². The molecule has 0 amide bonds. The van der Waals surface area contributed by atoms with Crippen LogP contribution in [0.2, 0.25) is 0 Å². The molecular weight excluding hydrogens is 320 g/mol. The number of rotatable bonds is 6. The van der Waals surface area contributed by atoms with Gasteiger partial charge in [0.05, 0.1) is 22.1 Å². The maximum atomic E-state index is 12.2. The molecule has 2 aromatic heterocycles. The summed E-state index contributed by atoms with van der Waals surface area (Å²) in [7, 11) is -3.25. The van der Waals surface area contributed by atoms with Gasteiger partial charge in [-0.1, -0.05) is 24.3 Å². The quantitative estimate of drug-likeness (QED) is 0.691. The summed E-state index contributed by atoms with van der Waals surface area (Å²) < 4.78 is 24.3. The summed E-state index contributed by atoms with van der Waals surface area (Å²) in [6.07, 6.45) is 0.442. The molecular formula is C14H14N4O2S2. The molecule has 0 radical (unpaired) electrons. The summed E-state index contributed by atoms with van der Waals surface area (Å²) >= 11 is 1.54. The second-order valence-corrected chi connectivity index (χ2v) is 7.73. The molecule has 0 aliphatic rings. The Morgan fingerprint density at radius 2 is 1.91 bits per heavy atom. The lowest BCUT2D eigenvalue weighted by Crippen LogP contribution is -2.11. The molecule has 3 rings (SSSR count). The SMILES string of the molecule is O=S(=O)(CCCn1nnc(-c2cccs2)n1)c1ccccc1. The minimum absolute atomic E-state index is 0.0624. The molecule has 6 nitrogen and oxygen atoms in total. The van der Waals surface area contributed by atoms with Crippen LogP contribution in [0.4, 0.5) is 0 Å². The van der Waals surface area contributed by atoms with Gasteiger partial charge in [0.1, 0.15) is 0 Å². The van der Waals surface area contributed by atoms with E-state index in [1.165, 1.54) is 4.80 Å². The van der Waals surface area contributed by atoms with Crippen LogP contribution in [0.3, 0.4) is 0 Å². The fraction of sp³-hybridized carbons (Fsp3) is 0.214. The van der Waals surface area contributed by atoms with E-state index in [0.717, 1.165) is 4.88 Å². The van der Waals surface area contributed by atoms with Crippen LogP contribution in [0.15, 0.2) is 52.7 Å². The number of hydrogen-bond donors (Lipinski definition) is 0. The Morgan fingerprint density at radius 1 is 1.09 bits per heavy atom. The van der Waals surface area contributed by atoms with Crippen molar-refractivity contribution < 1.29 is 8.42 Å². The Labute approximate surface area is 132 Å². The normalized spacial score (nSPS) is 11.6. The standard InChI is InChI=1S/C14H14N4O2S2/c19-22(20,12-6-2-1-3-7-12)11-5-9-18-16-14(15-17-18)13-8-4-10-21-13/h1-4,6-8,10H,5,9,11H2. The molecule has 0 aliphatic carbocycles. The van der Waals surface area contributed by atoms with Gasteiger partial charge in [0.2, 0.25) is 5.82 Å². The van der Waals surface area contributed by atoms with Crippen molar-refractivity contribution in [3.05, 3.63) is 47.8 Å². The first-order valence-electron chi connectivity index (χ1n) is 6.75. The van der Waals surface area contributed by atoms with E-state index < -0.39 is 9.84 Å². The summed E-state index contributed by atoms with van der Waals surface area (Å²) in [5.74, 6) is 0.633. The first-order valence-corrected chi connectivity index (χ1v) is 9.28. The second-order valence-electron chi connectivity index (χ2n) is 4.67. The second kappa shape index (κ2) is 6.37. The van der Waals surface area contributed by atoms with Gasteiger partial charge in [0, 0.05) is 0 Å². The van der Waals surface area contributed by atoms with Gasteiger partial charge >= 0.3 is 0 Å². The molecule has 114 valence electrons. The van der Waals surface area contributed by atoms with Gasteiger partial charge in [-0.05, 0) is 35.2 Å². The largest absolute Gasteiger partial charge is 0.224 e. The third kappa shape index (κ3) is 3.40. The van der Waals surface area contributed by atoms with E-state index in [1.54, 1.807) is 41.7 Å². The third-order valence-corrected chi connectivity index (χ3v) is 5.75. The maximum absolute atomic E-state index is 12.2. The first kappa shape index (κ1) is 14.9. The summed E-state index contributed by atoms with van der Waals surface area (Å²) in [5.41, 5.74) is 0. The van der Waals surface area contributed by atoms with Gasteiger partial charge in [-0.3, -0.25) is 0 Å². The number of aromatic nitrogens is 4. The number of nitrogens with zero attached hydrogens (tertiary/aromatic N) is 4.